The van der Waals surface area contributed by atoms with Gasteiger partial charge in [0.1, 0.15) is 11.4 Å². The van der Waals surface area contributed by atoms with Crippen molar-refractivity contribution in [1.29, 1.82) is 0 Å². The molecule has 0 saturated heterocycles. The fourth-order valence-corrected chi connectivity index (χ4v) is 2.93. The van der Waals surface area contributed by atoms with Crippen LogP contribution in [-0.4, -0.2) is 38.6 Å². The molecule has 0 saturated carbocycles. The number of benzene rings is 1. The molecule has 3 aromatic rings. The molecule has 8 nitrogen and oxygen atoms in total. The number of hydrogen-bond donors (Lipinski definition) is 4. The number of aromatic nitrogens is 2. The Morgan fingerprint density at radius 1 is 1.07 bits per heavy atom. The summed E-state index contributed by atoms with van der Waals surface area (Å²) in [6.07, 6.45) is 2.86. The number of pyridine rings is 2. The summed E-state index contributed by atoms with van der Waals surface area (Å²) in [5.41, 5.74) is 1.32. The van der Waals surface area contributed by atoms with Crippen molar-refractivity contribution in [2.75, 3.05) is 11.9 Å². The first-order chi connectivity index (χ1) is 14.5. The number of phenolic OH excluding ortho intramolecular Hbond substituents is 1. The predicted octanol–water partition coefficient (Wildman–Crippen LogP) is 2.48. The van der Waals surface area contributed by atoms with Crippen molar-refractivity contribution in [2.45, 2.75) is 12.5 Å². The number of aromatic hydroxyl groups is 1. The van der Waals surface area contributed by atoms with E-state index in [0.717, 1.165) is 0 Å². The Hall–Kier alpha value is -3.49. The highest BCUT2D eigenvalue weighted by Gasteiger charge is 2.17. The maximum absolute atomic E-state index is 12.5. The summed E-state index contributed by atoms with van der Waals surface area (Å²) in [6.45, 7) is -0.331. The first kappa shape index (κ1) is 21.2. The summed E-state index contributed by atoms with van der Waals surface area (Å²) in [5, 5.41) is 25.1. The largest absolute Gasteiger partial charge is 0.508 e. The van der Waals surface area contributed by atoms with Gasteiger partial charge in [0.05, 0.1) is 24.8 Å². The summed E-state index contributed by atoms with van der Waals surface area (Å²) < 4.78 is 0. The highest BCUT2D eigenvalue weighted by atomic mass is 35.5. The van der Waals surface area contributed by atoms with Crippen LogP contribution < -0.4 is 10.6 Å². The zero-order chi connectivity index (χ0) is 21.5. The second-order valence-corrected chi connectivity index (χ2v) is 6.83. The summed E-state index contributed by atoms with van der Waals surface area (Å²) in [4.78, 5) is 33.0. The first-order valence-electron chi connectivity index (χ1n) is 9.02. The van der Waals surface area contributed by atoms with Gasteiger partial charge in [0.2, 0.25) is 5.91 Å². The Kier molecular flexibility index (Phi) is 6.95. The Labute approximate surface area is 177 Å². The lowest BCUT2D eigenvalue weighted by Crippen LogP contribution is -2.32. The minimum atomic E-state index is -0.690. The van der Waals surface area contributed by atoms with Crippen molar-refractivity contribution in [2.24, 2.45) is 0 Å². The molecule has 2 aromatic heterocycles. The molecule has 0 bridgehead atoms. The number of anilines is 1. The molecule has 0 aliphatic heterocycles. The normalized spacial score (nSPS) is 11.5. The number of nitrogens with one attached hydrogen (secondary N) is 2. The minimum Gasteiger partial charge on any atom is -0.508 e. The third-order valence-electron chi connectivity index (χ3n) is 4.20. The Bertz CT molecular complexity index is 1050. The molecule has 1 aromatic carbocycles. The third-order valence-corrected chi connectivity index (χ3v) is 4.44. The average molecular weight is 427 g/mol. The average Bonchev–Trinajstić information content (AvgIpc) is 2.75. The van der Waals surface area contributed by atoms with E-state index in [-0.39, 0.29) is 24.5 Å². The fraction of sp³-hybridized carbons (Fsp3) is 0.143. The molecule has 4 N–H and O–H groups in total. The highest BCUT2D eigenvalue weighted by Crippen LogP contribution is 2.22. The second-order valence-electron chi connectivity index (χ2n) is 6.39. The van der Waals surface area contributed by atoms with E-state index in [1.54, 1.807) is 24.4 Å². The number of hydrogen-bond acceptors (Lipinski definition) is 6. The summed E-state index contributed by atoms with van der Waals surface area (Å²) >= 11 is 5.90. The molecule has 154 valence electrons. The standard InChI is InChI=1S/C21H19ClN4O4/c22-14-4-5-19(28)13(9-14)10-20(29)25-15-6-8-24-17(11-15)21(30)26-18(12-27)16-3-1-2-7-23-16/h1-9,11,18,27-28H,10,12H2,(H,26,30)(H,24,25,29). The van der Waals surface area contributed by atoms with Gasteiger partial charge < -0.3 is 20.8 Å². The number of halogens is 1. The van der Waals surface area contributed by atoms with Gasteiger partial charge in [-0.25, -0.2) is 0 Å². The van der Waals surface area contributed by atoms with Gasteiger partial charge in [-0.2, -0.15) is 0 Å². The fourth-order valence-electron chi connectivity index (χ4n) is 2.73. The smallest absolute Gasteiger partial charge is 0.270 e. The lowest BCUT2D eigenvalue weighted by atomic mass is 10.1. The molecule has 0 spiro atoms. The van der Waals surface area contributed by atoms with Crippen LogP contribution in [-0.2, 0) is 11.2 Å². The molecule has 3 rings (SSSR count). The Morgan fingerprint density at radius 2 is 1.90 bits per heavy atom. The molecule has 1 unspecified atom stereocenters. The van der Waals surface area contributed by atoms with Crippen LogP contribution in [0.4, 0.5) is 5.69 Å². The van der Waals surface area contributed by atoms with Gasteiger partial charge in [-0.1, -0.05) is 17.7 Å². The number of nitrogens with zero attached hydrogens (tertiary/aromatic N) is 2. The molecule has 1 atom stereocenters. The van der Waals surface area contributed by atoms with E-state index < -0.39 is 17.9 Å². The summed E-state index contributed by atoms with van der Waals surface area (Å²) in [7, 11) is 0. The molecule has 0 radical (unpaired) electrons. The lowest BCUT2D eigenvalue weighted by molar-refractivity contribution is -0.115. The van der Waals surface area contributed by atoms with E-state index in [1.807, 2.05) is 0 Å². The minimum absolute atomic E-state index is 0.0334. The van der Waals surface area contributed by atoms with Gasteiger partial charge >= 0.3 is 0 Å². The van der Waals surface area contributed by atoms with E-state index in [0.29, 0.717) is 22.0 Å². The molecular formula is C21H19ClN4O4. The van der Waals surface area contributed by atoms with Gasteiger partial charge in [0, 0.05) is 28.7 Å². The van der Waals surface area contributed by atoms with Crippen molar-refractivity contribution in [3.8, 4) is 5.75 Å². The van der Waals surface area contributed by atoms with Crippen molar-refractivity contribution < 1.29 is 19.8 Å². The number of carbonyl (C=O) groups excluding carboxylic acids is 2. The van der Waals surface area contributed by atoms with E-state index in [2.05, 4.69) is 20.6 Å². The topological polar surface area (TPSA) is 124 Å². The van der Waals surface area contributed by atoms with Crippen molar-refractivity contribution in [1.82, 2.24) is 15.3 Å². The van der Waals surface area contributed by atoms with E-state index >= 15 is 0 Å². The number of aliphatic hydroxyl groups excluding tert-OH is 1. The van der Waals surface area contributed by atoms with Gasteiger partial charge in [0.25, 0.3) is 5.91 Å². The van der Waals surface area contributed by atoms with E-state index in [4.69, 9.17) is 11.6 Å². The monoisotopic (exact) mass is 426 g/mol. The lowest BCUT2D eigenvalue weighted by Gasteiger charge is -2.15. The van der Waals surface area contributed by atoms with Crippen LogP contribution in [0.3, 0.4) is 0 Å². The van der Waals surface area contributed by atoms with Gasteiger partial charge in [-0.05, 0) is 42.5 Å². The van der Waals surface area contributed by atoms with Crippen LogP contribution in [0, 0.1) is 0 Å². The molecule has 0 aliphatic rings. The molecule has 9 heteroatoms. The maximum Gasteiger partial charge on any atom is 0.270 e. The summed E-state index contributed by atoms with van der Waals surface area (Å²) in [6, 6.07) is 11.9. The van der Waals surface area contributed by atoms with E-state index in [1.165, 1.54) is 36.5 Å². The maximum atomic E-state index is 12.5. The molecule has 2 heterocycles. The molecule has 0 aliphatic carbocycles. The number of carbonyl (C=O) groups is 2. The highest BCUT2D eigenvalue weighted by molar-refractivity contribution is 6.30. The molecular weight excluding hydrogens is 408 g/mol. The van der Waals surface area contributed by atoms with Crippen LogP contribution in [0.15, 0.2) is 60.9 Å². The SMILES string of the molecule is O=C(Cc1cc(Cl)ccc1O)Nc1ccnc(C(=O)NC(CO)c2ccccn2)c1. The zero-order valence-corrected chi connectivity index (χ0v) is 16.5. The van der Waals surface area contributed by atoms with Crippen molar-refractivity contribution in [3.63, 3.8) is 0 Å². The van der Waals surface area contributed by atoms with Gasteiger partial charge in [-0.15, -0.1) is 0 Å². The summed E-state index contributed by atoms with van der Waals surface area (Å²) in [5.74, 6) is -0.955. The Balaban J connectivity index is 1.67. The zero-order valence-electron chi connectivity index (χ0n) is 15.7. The number of aliphatic hydroxyl groups is 1. The van der Waals surface area contributed by atoms with Gasteiger partial charge in [0.15, 0.2) is 0 Å². The number of phenols is 1. The van der Waals surface area contributed by atoms with Crippen molar-refractivity contribution in [3.05, 3.63) is 82.9 Å². The first-order valence-corrected chi connectivity index (χ1v) is 9.40. The number of rotatable bonds is 7. The van der Waals surface area contributed by atoms with Crippen molar-refractivity contribution >= 4 is 29.1 Å². The van der Waals surface area contributed by atoms with Crippen LogP contribution in [0.1, 0.15) is 27.8 Å². The van der Waals surface area contributed by atoms with Crippen LogP contribution in [0.5, 0.6) is 5.75 Å². The Morgan fingerprint density at radius 3 is 2.63 bits per heavy atom. The molecule has 30 heavy (non-hydrogen) atoms. The van der Waals surface area contributed by atoms with E-state index in [9.17, 15) is 19.8 Å². The second kappa shape index (κ2) is 9.82. The quantitative estimate of drug-likeness (QED) is 0.460. The van der Waals surface area contributed by atoms with Crippen LogP contribution in [0.25, 0.3) is 0 Å². The predicted molar refractivity (Wildman–Crippen MR) is 111 cm³/mol. The van der Waals surface area contributed by atoms with Crippen LogP contribution in [0.2, 0.25) is 5.02 Å². The van der Waals surface area contributed by atoms with Crippen LogP contribution >= 0.6 is 11.6 Å². The number of amides is 2. The molecule has 2 amide bonds. The molecule has 0 fully saturated rings. The third kappa shape index (κ3) is 5.53. The van der Waals surface area contributed by atoms with Gasteiger partial charge in [-0.3, -0.25) is 19.6 Å².